The highest BCUT2D eigenvalue weighted by molar-refractivity contribution is 5.87. The SMILES string of the molecule is COCC12CCC(C)CC1CCC1C3CCC(C(=O)CN(N)c4cccc(F)c4N)C3(C)CCC12. The number of para-hydroxylation sites is 1. The largest absolute Gasteiger partial charge is 0.395 e. The molecule has 1 aromatic carbocycles. The van der Waals surface area contributed by atoms with Gasteiger partial charge in [0.05, 0.1) is 24.5 Å². The Morgan fingerprint density at radius 2 is 1.94 bits per heavy atom. The molecule has 4 saturated carbocycles. The number of benzene rings is 1. The van der Waals surface area contributed by atoms with Gasteiger partial charge in [-0.15, -0.1) is 0 Å². The van der Waals surface area contributed by atoms with Crippen molar-refractivity contribution < 1.29 is 13.9 Å². The number of nitrogen functional groups attached to an aromatic ring is 1. The van der Waals surface area contributed by atoms with Crippen molar-refractivity contribution in [1.29, 1.82) is 0 Å². The van der Waals surface area contributed by atoms with Crippen molar-refractivity contribution in [2.45, 2.75) is 71.6 Å². The minimum atomic E-state index is -0.505. The number of Topliss-reactive ketones (excluding diaryl/α,β-unsaturated/α-hetero) is 1. The molecule has 8 atom stereocenters. The number of hydrogen-bond donors (Lipinski definition) is 2. The van der Waals surface area contributed by atoms with Crippen LogP contribution in [0.15, 0.2) is 18.2 Å². The molecular formula is C29H44FN3O2. The second-order valence-corrected chi connectivity index (χ2v) is 12.6. The Kier molecular flexibility index (Phi) is 6.67. The number of fused-ring (bicyclic) bond motifs is 5. The van der Waals surface area contributed by atoms with E-state index >= 15 is 0 Å². The van der Waals surface area contributed by atoms with Gasteiger partial charge in [-0.2, -0.15) is 0 Å². The summed E-state index contributed by atoms with van der Waals surface area (Å²) in [5.74, 6) is 9.54. The summed E-state index contributed by atoms with van der Waals surface area (Å²) < 4.78 is 19.9. The van der Waals surface area contributed by atoms with Gasteiger partial charge in [-0.3, -0.25) is 4.79 Å². The first-order valence-corrected chi connectivity index (χ1v) is 13.8. The zero-order valence-corrected chi connectivity index (χ0v) is 21.8. The minimum absolute atomic E-state index is 0.000759. The van der Waals surface area contributed by atoms with Crippen LogP contribution in [0.5, 0.6) is 0 Å². The second kappa shape index (κ2) is 9.33. The lowest BCUT2D eigenvalue weighted by atomic mass is 9.44. The number of anilines is 2. The maximum Gasteiger partial charge on any atom is 0.157 e. The molecule has 1 aromatic rings. The summed E-state index contributed by atoms with van der Waals surface area (Å²) in [4.78, 5) is 13.6. The highest BCUT2D eigenvalue weighted by atomic mass is 19.1. The second-order valence-electron chi connectivity index (χ2n) is 12.6. The van der Waals surface area contributed by atoms with E-state index in [1.807, 2.05) is 7.11 Å². The van der Waals surface area contributed by atoms with Gasteiger partial charge in [-0.25, -0.2) is 10.2 Å². The van der Waals surface area contributed by atoms with E-state index in [2.05, 4.69) is 13.8 Å². The van der Waals surface area contributed by atoms with Crippen molar-refractivity contribution in [2.75, 3.05) is 31.0 Å². The lowest BCUT2D eigenvalue weighted by Gasteiger charge is -2.62. The molecule has 0 radical (unpaired) electrons. The van der Waals surface area contributed by atoms with Crippen LogP contribution in [-0.2, 0) is 9.53 Å². The molecule has 194 valence electrons. The van der Waals surface area contributed by atoms with E-state index in [4.69, 9.17) is 16.3 Å². The first-order valence-electron chi connectivity index (χ1n) is 13.8. The molecule has 4 aliphatic rings. The Morgan fingerprint density at radius 3 is 2.71 bits per heavy atom. The third kappa shape index (κ3) is 3.99. The summed E-state index contributed by atoms with van der Waals surface area (Å²) in [5, 5.41) is 1.34. The van der Waals surface area contributed by atoms with Crippen LogP contribution in [0.4, 0.5) is 15.8 Å². The summed E-state index contributed by atoms with van der Waals surface area (Å²) in [6, 6.07) is 4.57. The summed E-state index contributed by atoms with van der Waals surface area (Å²) in [6.07, 6.45) is 11.0. The van der Waals surface area contributed by atoms with Gasteiger partial charge in [0, 0.05) is 13.0 Å². The molecule has 4 N–H and O–H groups in total. The number of nitrogens with two attached hydrogens (primary N) is 2. The molecule has 0 heterocycles. The Bertz CT molecular complexity index is 956. The zero-order valence-electron chi connectivity index (χ0n) is 21.8. The first kappa shape index (κ1) is 25.0. The lowest BCUT2D eigenvalue weighted by molar-refractivity contribution is -0.154. The summed E-state index contributed by atoms with van der Waals surface area (Å²) in [5.41, 5.74) is 6.64. The van der Waals surface area contributed by atoms with Gasteiger partial charge in [0.2, 0.25) is 0 Å². The monoisotopic (exact) mass is 485 g/mol. The number of carbonyl (C=O) groups excluding carboxylic acids is 1. The number of rotatable bonds is 6. The number of ketones is 1. The van der Waals surface area contributed by atoms with Crippen LogP contribution in [0.3, 0.4) is 0 Å². The smallest absolute Gasteiger partial charge is 0.157 e. The first-order chi connectivity index (χ1) is 16.7. The molecule has 35 heavy (non-hydrogen) atoms. The molecule has 5 rings (SSSR count). The number of methoxy groups -OCH3 is 1. The van der Waals surface area contributed by atoms with Crippen molar-refractivity contribution in [3.05, 3.63) is 24.0 Å². The number of carbonyl (C=O) groups is 1. The van der Waals surface area contributed by atoms with Gasteiger partial charge in [-0.05, 0) is 104 Å². The molecule has 0 bridgehead atoms. The standard InChI is InChI=1S/C29H44FN3O2/c1-18-11-14-29(17-35-3)19(15-18)7-8-20-21-9-10-23(28(21,2)13-12-22(20)29)26(34)16-33(32)25-6-4-5-24(30)27(25)31/h4-6,18-23H,7-17,31-32H2,1-3H3. The molecule has 4 fully saturated rings. The van der Waals surface area contributed by atoms with Gasteiger partial charge in [0.1, 0.15) is 5.82 Å². The number of halogens is 1. The van der Waals surface area contributed by atoms with Crippen LogP contribution in [0.1, 0.15) is 71.6 Å². The van der Waals surface area contributed by atoms with Crippen LogP contribution < -0.4 is 16.6 Å². The van der Waals surface area contributed by atoms with E-state index in [-0.39, 0.29) is 29.3 Å². The van der Waals surface area contributed by atoms with Crippen LogP contribution >= 0.6 is 0 Å². The highest BCUT2D eigenvalue weighted by Crippen LogP contribution is 2.68. The number of hydrogen-bond acceptors (Lipinski definition) is 5. The zero-order chi connectivity index (χ0) is 25.0. The molecule has 0 aromatic heterocycles. The van der Waals surface area contributed by atoms with E-state index in [0.29, 0.717) is 22.9 Å². The number of nitrogens with zero attached hydrogens (tertiary/aromatic N) is 1. The third-order valence-corrected chi connectivity index (χ3v) is 11.1. The van der Waals surface area contributed by atoms with Crippen LogP contribution in [0, 0.1) is 52.2 Å². The average Bonchev–Trinajstić information content (AvgIpc) is 3.18. The Labute approximate surface area is 210 Å². The molecular weight excluding hydrogens is 441 g/mol. The van der Waals surface area contributed by atoms with Crippen molar-refractivity contribution in [3.8, 4) is 0 Å². The molecule has 0 spiro atoms. The molecule has 4 aliphatic carbocycles. The van der Waals surface area contributed by atoms with E-state index in [1.54, 1.807) is 12.1 Å². The summed E-state index contributed by atoms with van der Waals surface area (Å²) in [7, 11) is 1.88. The highest BCUT2D eigenvalue weighted by Gasteiger charge is 2.62. The number of hydrazine groups is 1. The Balaban J connectivity index is 1.34. The van der Waals surface area contributed by atoms with Gasteiger partial charge in [-0.1, -0.05) is 26.3 Å². The molecule has 5 nitrogen and oxygen atoms in total. The van der Waals surface area contributed by atoms with Crippen LogP contribution in [0.2, 0.25) is 0 Å². The van der Waals surface area contributed by atoms with Gasteiger partial charge in [0.15, 0.2) is 5.78 Å². The topological polar surface area (TPSA) is 81.6 Å². The maximum absolute atomic E-state index is 13.9. The molecule has 6 heteroatoms. The Hall–Kier alpha value is -1.66. The van der Waals surface area contributed by atoms with Crippen molar-refractivity contribution in [1.82, 2.24) is 0 Å². The fourth-order valence-corrected chi connectivity index (χ4v) is 9.48. The van der Waals surface area contributed by atoms with Crippen LogP contribution in [-0.4, -0.2) is 26.0 Å². The summed E-state index contributed by atoms with van der Waals surface area (Å²) in [6.45, 7) is 5.77. The fraction of sp³-hybridized carbons (Fsp3) is 0.759. The van der Waals surface area contributed by atoms with Crippen molar-refractivity contribution in [3.63, 3.8) is 0 Å². The third-order valence-electron chi connectivity index (χ3n) is 11.1. The van der Waals surface area contributed by atoms with Crippen LogP contribution in [0.25, 0.3) is 0 Å². The van der Waals surface area contributed by atoms with E-state index < -0.39 is 5.82 Å². The predicted molar refractivity (Wildman–Crippen MR) is 138 cm³/mol. The molecule has 0 aliphatic heterocycles. The molecule has 8 unspecified atom stereocenters. The van der Waals surface area contributed by atoms with Gasteiger partial charge >= 0.3 is 0 Å². The quantitative estimate of drug-likeness (QED) is 0.312. The minimum Gasteiger partial charge on any atom is -0.395 e. The lowest BCUT2D eigenvalue weighted by Crippen LogP contribution is -2.56. The van der Waals surface area contributed by atoms with E-state index in [0.717, 1.165) is 43.6 Å². The maximum atomic E-state index is 13.9. The van der Waals surface area contributed by atoms with E-state index in [9.17, 15) is 9.18 Å². The molecule has 0 saturated heterocycles. The predicted octanol–water partition coefficient (Wildman–Crippen LogP) is 5.58. The van der Waals surface area contributed by atoms with Crippen molar-refractivity contribution >= 4 is 17.2 Å². The van der Waals surface area contributed by atoms with E-state index in [1.165, 1.54) is 49.6 Å². The Morgan fingerprint density at radius 1 is 1.14 bits per heavy atom. The fourth-order valence-electron chi connectivity index (χ4n) is 9.48. The normalized spacial score (nSPS) is 40.5. The molecule has 0 amide bonds. The van der Waals surface area contributed by atoms with Gasteiger partial charge < -0.3 is 15.5 Å². The van der Waals surface area contributed by atoms with Gasteiger partial charge in [0.25, 0.3) is 0 Å². The summed E-state index contributed by atoms with van der Waals surface area (Å²) >= 11 is 0. The van der Waals surface area contributed by atoms with Crippen molar-refractivity contribution in [2.24, 2.45) is 52.2 Å². The number of ether oxygens (including phenoxy) is 1. The average molecular weight is 486 g/mol.